The summed E-state index contributed by atoms with van der Waals surface area (Å²) < 4.78 is 0. The molecule has 1 heterocycles. The van der Waals surface area contributed by atoms with E-state index in [0.717, 1.165) is 18.1 Å². The topological polar surface area (TPSA) is 37.3 Å². The minimum atomic E-state index is -0.663. The third kappa shape index (κ3) is 7.37. The Morgan fingerprint density at radius 3 is 2.77 bits per heavy atom. The van der Waals surface area contributed by atoms with Crippen molar-refractivity contribution in [1.82, 2.24) is 0 Å². The quantitative estimate of drug-likeness (QED) is 0.459. The molecule has 1 N–H and O–H groups in total. The summed E-state index contributed by atoms with van der Waals surface area (Å²) in [6, 6.07) is 0. The Hall–Kier alpha value is 1.43. The zero-order chi connectivity index (χ0) is 8.81. The fraction of sp³-hybridized carbons (Fsp3) is 0.875. The SMILES string of the molecule is O=C(O)CCCC[C@H]1CCSS1.[Ca+2]. The molecule has 70 valence electrons. The van der Waals surface area contributed by atoms with Gasteiger partial charge in [0.25, 0.3) is 0 Å². The normalized spacial score (nSPS) is 21.1. The van der Waals surface area contributed by atoms with Crippen molar-refractivity contribution in [3.63, 3.8) is 0 Å². The van der Waals surface area contributed by atoms with Gasteiger partial charge in [-0.1, -0.05) is 28.0 Å². The Balaban J connectivity index is 0.00000144. The molecule has 0 aromatic rings. The Labute approximate surface area is 117 Å². The molecule has 1 fully saturated rings. The second kappa shape index (κ2) is 8.72. The summed E-state index contributed by atoms with van der Waals surface area (Å²) in [5.74, 6) is 0.609. The van der Waals surface area contributed by atoms with E-state index in [2.05, 4.69) is 0 Å². The van der Waals surface area contributed by atoms with E-state index in [-0.39, 0.29) is 37.7 Å². The van der Waals surface area contributed by atoms with Gasteiger partial charge in [0.2, 0.25) is 0 Å². The summed E-state index contributed by atoms with van der Waals surface area (Å²) in [6.07, 6.45) is 4.76. The van der Waals surface area contributed by atoms with Gasteiger partial charge in [-0.3, -0.25) is 4.79 Å². The van der Waals surface area contributed by atoms with Crippen molar-refractivity contribution in [2.24, 2.45) is 0 Å². The van der Waals surface area contributed by atoms with Crippen LogP contribution in [0.1, 0.15) is 32.1 Å². The summed E-state index contributed by atoms with van der Waals surface area (Å²) in [5.41, 5.74) is 0. The molecule has 13 heavy (non-hydrogen) atoms. The molecular formula is C8H14CaO2S2+2. The maximum Gasteiger partial charge on any atom is 2.00 e. The first-order chi connectivity index (χ1) is 5.79. The number of carboxylic acids is 1. The molecule has 0 aromatic carbocycles. The van der Waals surface area contributed by atoms with E-state index < -0.39 is 5.97 Å². The van der Waals surface area contributed by atoms with E-state index in [1.807, 2.05) is 21.6 Å². The van der Waals surface area contributed by atoms with Gasteiger partial charge in [0, 0.05) is 17.4 Å². The van der Waals surface area contributed by atoms with Gasteiger partial charge >= 0.3 is 43.7 Å². The van der Waals surface area contributed by atoms with Crippen molar-refractivity contribution in [2.75, 3.05) is 5.75 Å². The first-order valence-corrected chi connectivity index (χ1v) is 6.67. The van der Waals surface area contributed by atoms with Crippen LogP contribution in [0.2, 0.25) is 0 Å². The number of rotatable bonds is 5. The van der Waals surface area contributed by atoms with Crippen molar-refractivity contribution >= 4 is 65.3 Å². The van der Waals surface area contributed by atoms with E-state index in [9.17, 15) is 4.79 Å². The molecule has 5 heteroatoms. The van der Waals surface area contributed by atoms with Crippen LogP contribution in [0.15, 0.2) is 0 Å². The van der Waals surface area contributed by atoms with Crippen LogP contribution in [-0.4, -0.2) is 59.8 Å². The van der Waals surface area contributed by atoms with Crippen molar-refractivity contribution < 1.29 is 9.90 Å². The molecule has 2 nitrogen and oxygen atoms in total. The molecule has 1 aliphatic rings. The van der Waals surface area contributed by atoms with Crippen LogP contribution in [0.5, 0.6) is 0 Å². The van der Waals surface area contributed by atoms with Gasteiger partial charge in [0.1, 0.15) is 0 Å². The fourth-order valence-electron chi connectivity index (χ4n) is 1.21. The number of aliphatic carboxylic acids is 1. The number of carboxylic acid groups (broad SMARTS) is 1. The largest absolute Gasteiger partial charge is 2.00 e. The number of hydrogen-bond donors (Lipinski definition) is 1. The summed E-state index contributed by atoms with van der Waals surface area (Å²) in [7, 11) is 3.92. The van der Waals surface area contributed by atoms with Gasteiger partial charge in [-0.2, -0.15) is 0 Å². The van der Waals surface area contributed by atoms with Crippen molar-refractivity contribution in [3.8, 4) is 0 Å². The third-order valence-corrected chi connectivity index (χ3v) is 4.90. The summed E-state index contributed by atoms with van der Waals surface area (Å²) in [6.45, 7) is 0. The number of hydrogen-bond acceptors (Lipinski definition) is 3. The van der Waals surface area contributed by atoms with E-state index in [1.54, 1.807) is 0 Å². The zero-order valence-corrected chi connectivity index (χ0v) is 11.5. The zero-order valence-electron chi connectivity index (χ0n) is 7.70. The molecule has 0 aromatic heterocycles. The Kier molecular flexibility index (Phi) is 9.67. The smallest absolute Gasteiger partial charge is 0.481 e. The van der Waals surface area contributed by atoms with Crippen molar-refractivity contribution in [2.45, 2.75) is 37.4 Å². The molecule has 0 bridgehead atoms. The van der Waals surface area contributed by atoms with Gasteiger partial charge in [-0.25, -0.2) is 0 Å². The van der Waals surface area contributed by atoms with Crippen LogP contribution in [0.25, 0.3) is 0 Å². The second-order valence-electron chi connectivity index (χ2n) is 2.97. The third-order valence-electron chi connectivity index (χ3n) is 1.89. The molecule has 1 saturated heterocycles. The minimum absolute atomic E-state index is 0. The molecule has 0 unspecified atom stereocenters. The van der Waals surface area contributed by atoms with Gasteiger partial charge in [0.05, 0.1) is 0 Å². The summed E-state index contributed by atoms with van der Waals surface area (Å²) >= 11 is 0. The molecule has 0 spiro atoms. The maximum atomic E-state index is 10.2. The molecule has 1 rings (SSSR count). The number of unbranched alkanes of at least 4 members (excludes halogenated alkanes) is 1. The first-order valence-electron chi connectivity index (χ1n) is 4.29. The first kappa shape index (κ1) is 14.4. The molecule has 1 aliphatic heterocycles. The Bertz CT molecular complexity index is 149. The Morgan fingerprint density at radius 2 is 2.23 bits per heavy atom. The van der Waals surface area contributed by atoms with Crippen LogP contribution in [0.3, 0.4) is 0 Å². The van der Waals surface area contributed by atoms with Crippen LogP contribution >= 0.6 is 21.6 Å². The van der Waals surface area contributed by atoms with Crippen LogP contribution in [0, 0.1) is 0 Å². The van der Waals surface area contributed by atoms with Crippen molar-refractivity contribution in [1.29, 1.82) is 0 Å². The molecule has 0 radical (unpaired) electrons. The van der Waals surface area contributed by atoms with E-state index in [0.29, 0.717) is 6.42 Å². The average Bonchev–Trinajstić information content (AvgIpc) is 2.49. The van der Waals surface area contributed by atoms with Gasteiger partial charge in [-0.05, 0) is 19.3 Å². The minimum Gasteiger partial charge on any atom is -0.481 e. The molecule has 0 saturated carbocycles. The van der Waals surface area contributed by atoms with Crippen LogP contribution in [-0.2, 0) is 4.79 Å². The van der Waals surface area contributed by atoms with Gasteiger partial charge < -0.3 is 5.11 Å². The van der Waals surface area contributed by atoms with Gasteiger partial charge in [0.15, 0.2) is 0 Å². The van der Waals surface area contributed by atoms with Crippen LogP contribution in [0.4, 0.5) is 0 Å². The monoisotopic (exact) mass is 246 g/mol. The fourth-order valence-corrected chi connectivity index (χ4v) is 4.24. The Morgan fingerprint density at radius 1 is 1.46 bits per heavy atom. The molecule has 1 atom stereocenters. The van der Waals surface area contributed by atoms with E-state index in [4.69, 9.17) is 5.11 Å². The van der Waals surface area contributed by atoms with Crippen molar-refractivity contribution in [3.05, 3.63) is 0 Å². The standard InChI is InChI=1S/C8H14O2S2.Ca/c9-8(10)4-2-1-3-7-5-6-11-12-7;/h7H,1-6H2,(H,9,10);/q;+2/t7-;/m0./s1. The summed E-state index contributed by atoms with van der Waals surface area (Å²) in [4.78, 5) is 10.2. The molecule has 0 aliphatic carbocycles. The predicted molar refractivity (Wildman–Crippen MR) is 60.3 cm³/mol. The van der Waals surface area contributed by atoms with E-state index in [1.165, 1.54) is 18.6 Å². The predicted octanol–water partition coefficient (Wildman–Crippen LogP) is 2.40. The maximum absolute atomic E-state index is 10.2. The summed E-state index contributed by atoms with van der Waals surface area (Å²) in [5, 5.41) is 9.19. The number of carbonyl (C=O) groups is 1. The molecular weight excluding hydrogens is 232 g/mol. The van der Waals surface area contributed by atoms with E-state index >= 15 is 0 Å². The molecule has 0 amide bonds. The van der Waals surface area contributed by atoms with Gasteiger partial charge in [-0.15, -0.1) is 0 Å². The average molecular weight is 246 g/mol. The van der Waals surface area contributed by atoms with Crippen LogP contribution < -0.4 is 0 Å². The second-order valence-corrected chi connectivity index (χ2v) is 5.76.